The molecule has 4 rings (SSSR count). The number of aromatic nitrogens is 1. The third-order valence-electron chi connectivity index (χ3n) is 5.82. The van der Waals surface area contributed by atoms with Crippen molar-refractivity contribution in [1.29, 1.82) is 0 Å². The molecule has 2 heterocycles. The number of nitrogens with one attached hydrogen (secondary N) is 2. The lowest BCUT2D eigenvalue weighted by Crippen LogP contribution is -2.32. The lowest BCUT2D eigenvalue weighted by Gasteiger charge is -2.29. The van der Waals surface area contributed by atoms with E-state index in [0.29, 0.717) is 21.9 Å². The molecular formula is C25H28N4O2S. The summed E-state index contributed by atoms with van der Waals surface area (Å²) in [6, 6.07) is 14.3. The maximum atomic E-state index is 12.8. The number of carbonyl (C=O) groups excluding carboxylic acids is 2. The van der Waals surface area contributed by atoms with Gasteiger partial charge in [-0.05, 0) is 68.6 Å². The molecule has 1 aliphatic rings. The summed E-state index contributed by atoms with van der Waals surface area (Å²) < 4.78 is 0. The summed E-state index contributed by atoms with van der Waals surface area (Å²) in [6.45, 7) is 7.22. The number of piperidine rings is 1. The molecule has 3 aromatic rings. The molecule has 166 valence electrons. The van der Waals surface area contributed by atoms with Gasteiger partial charge in [0.05, 0.1) is 5.69 Å². The van der Waals surface area contributed by atoms with Crippen LogP contribution in [0.2, 0.25) is 0 Å². The Labute approximate surface area is 192 Å². The predicted octanol–water partition coefficient (Wildman–Crippen LogP) is 5.19. The van der Waals surface area contributed by atoms with Gasteiger partial charge in [-0.15, -0.1) is 11.3 Å². The highest BCUT2D eigenvalue weighted by atomic mass is 32.1. The van der Waals surface area contributed by atoms with Crippen LogP contribution in [0.5, 0.6) is 0 Å². The largest absolute Gasteiger partial charge is 0.322 e. The molecule has 1 aromatic heterocycles. The van der Waals surface area contributed by atoms with Crippen LogP contribution in [0, 0.1) is 12.8 Å². The van der Waals surface area contributed by atoms with E-state index in [4.69, 9.17) is 0 Å². The Balaban J connectivity index is 1.39. The highest BCUT2D eigenvalue weighted by Crippen LogP contribution is 2.23. The zero-order valence-corrected chi connectivity index (χ0v) is 19.2. The molecule has 7 heteroatoms. The molecular weight excluding hydrogens is 420 g/mol. The van der Waals surface area contributed by atoms with Crippen molar-refractivity contribution in [2.75, 3.05) is 23.7 Å². The summed E-state index contributed by atoms with van der Waals surface area (Å²) in [6.07, 6.45) is 2.45. The van der Waals surface area contributed by atoms with Gasteiger partial charge < -0.3 is 5.32 Å². The molecule has 0 unspecified atom stereocenters. The normalized spacial score (nSPS) is 14.8. The van der Waals surface area contributed by atoms with E-state index in [-0.39, 0.29) is 11.8 Å². The van der Waals surface area contributed by atoms with Crippen molar-refractivity contribution in [2.24, 2.45) is 5.92 Å². The minimum Gasteiger partial charge on any atom is -0.322 e. The van der Waals surface area contributed by atoms with Gasteiger partial charge in [-0.1, -0.05) is 31.2 Å². The summed E-state index contributed by atoms with van der Waals surface area (Å²) in [5.41, 5.74) is 3.53. The van der Waals surface area contributed by atoms with Crippen LogP contribution in [0.4, 0.5) is 10.8 Å². The maximum absolute atomic E-state index is 12.8. The van der Waals surface area contributed by atoms with Crippen LogP contribution in [-0.4, -0.2) is 34.8 Å². The molecule has 32 heavy (non-hydrogen) atoms. The fraction of sp³-hybridized carbons (Fsp3) is 0.320. The number of amides is 2. The van der Waals surface area contributed by atoms with E-state index in [2.05, 4.69) is 27.4 Å². The molecule has 0 aliphatic carbocycles. The van der Waals surface area contributed by atoms with Gasteiger partial charge in [0.2, 0.25) is 0 Å². The maximum Gasteiger partial charge on any atom is 0.257 e. The van der Waals surface area contributed by atoms with E-state index in [1.807, 2.05) is 36.6 Å². The SMILES string of the molecule is Cc1ccc(C(=O)Nc2nc(CN3CCC(C)CC3)cs2)cc1NC(=O)c1ccccc1. The Kier molecular flexibility index (Phi) is 6.97. The van der Waals surface area contributed by atoms with E-state index in [1.54, 1.807) is 24.3 Å². The van der Waals surface area contributed by atoms with Crippen molar-refractivity contribution in [3.63, 3.8) is 0 Å². The van der Waals surface area contributed by atoms with Crippen LogP contribution in [0.15, 0.2) is 53.9 Å². The van der Waals surface area contributed by atoms with Crippen LogP contribution < -0.4 is 10.6 Å². The van der Waals surface area contributed by atoms with Crippen LogP contribution in [-0.2, 0) is 6.54 Å². The van der Waals surface area contributed by atoms with Gasteiger partial charge in [-0.3, -0.25) is 19.8 Å². The molecule has 0 saturated carbocycles. The first kappa shape index (κ1) is 22.2. The van der Waals surface area contributed by atoms with Gasteiger partial charge >= 0.3 is 0 Å². The van der Waals surface area contributed by atoms with Crippen molar-refractivity contribution in [1.82, 2.24) is 9.88 Å². The van der Waals surface area contributed by atoms with Gasteiger partial charge in [-0.25, -0.2) is 4.98 Å². The summed E-state index contributed by atoms with van der Waals surface area (Å²) in [5.74, 6) is 0.351. The lowest BCUT2D eigenvalue weighted by molar-refractivity contribution is 0.101. The molecule has 6 nitrogen and oxygen atoms in total. The number of carbonyl (C=O) groups is 2. The Morgan fingerprint density at radius 3 is 2.50 bits per heavy atom. The van der Waals surface area contributed by atoms with Crippen LogP contribution in [0.1, 0.15) is 51.7 Å². The third-order valence-corrected chi connectivity index (χ3v) is 6.62. The molecule has 1 aliphatic heterocycles. The second kappa shape index (κ2) is 10.1. The number of rotatable bonds is 6. The van der Waals surface area contributed by atoms with Crippen molar-refractivity contribution < 1.29 is 9.59 Å². The first-order valence-corrected chi connectivity index (χ1v) is 11.8. The molecule has 0 bridgehead atoms. The van der Waals surface area contributed by atoms with E-state index in [1.165, 1.54) is 24.2 Å². The molecule has 0 atom stereocenters. The highest BCUT2D eigenvalue weighted by molar-refractivity contribution is 7.14. The average Bonchev–Trinajstić information content (AvgIpc) is 3.24. The minimum atomic E-state index is -0.243. The van der Waals surface area contributed by atoms with Gasteiger partial charge in [0.1, 0.15) is 0 Å². The Morgan fingerprint density at radius 2 is 1.75 bits per heavy atom. The summed E-state index contributed by atoms with van der Waals surface area (Å²) in [4.78, 5) is 32.3. The summed E-state index contributed by atoms with van der Waals surface area (Å²) >= 11 is 1.44. The fourth-order valence-electron chi connectivity index (χ4n) is 3.74. The number of hydrogen-bond acceptors (Lipinski definition) is 5. The first-order valence-electron chi connectivity index (χ1n) is 10.9. The molecule has 2 N–H and O–H groups in total. The average molecular weight is 449 g/mol. The third kappa shape index (κ3) is 5.60. The number of anilines is 2. The molecule has 0 radical (unpaired) electrons. The van der Waals surface area contributed by atoms with Crippen molar-refractivity contribution in [3.05, 3.63) is 76.3 Å². The van der Waals surface area contributed by atoms with E-state index in [0.717, 1.165) is 36.8 Å². The Bertz CT molecular complexity index is 1090. The van der Waals surface area contributed by atoms with Crippen LogP contribution in [0.25, 0.3) is 0 Å². The summed E-state index contributed by atoms with van der Waals surface area (Å²) in [7, 11) is 0. The van der Waals surface area contributed by atoms with Crippen molar-refractivity contribution >= 4 is 34.0 Å². The number of nitrogens with zero attached hydrogens (tertiary/aromatic N) is 2. The Hall–Kier alpha value is -3.03. The first-order chi connectivity index (χ1) is 15.5. The summed E-state index contributed by atoms with van der Waals surface area (Å²) in [5, 5.41) is 8.39. The van der Waals surface area contributed by atoms with Gasteiger partial charge in [0, 0.05) is 28.7 Å². The smallest absolute Gasteiger partial charge is 0.257 e. The number of hydrogen-bond donors (Lipinski definition) is 2. The zero-order valence-electron chi connectivity index (χ0n) is 18.4. The number of benzene rings is 2. The van der Waals surface area contributed by atoms with Crippen molar-refractivity contribution in [2.45, 2.75) is 33.2 Å². The zero-order chi connectivity index (χ0) is 22.5. The van der Waals surface area contributed by atoms with Crippen molar-refractivity contribution in [3.8, 4) is 0 Å². The molecule has 2 aromatic carbocycles. The van der Waals surface area contributed by atoms with E-state index in [9.17, 15) is 9.59 Å². The lowest BCUT2D eigenvalue weighted by atomic mass is 9.99. The number of likely N-dealkylation sites (tertiary alicyclic amines) is 1. The second-order valence-electron chi connectivity index (χ2n) is 8.41. The minimum absolute atomic E-state index is 0.206. The predicted molar refractivity (Wildman–Crippen MR) is 129 cm³/mol. The number of thiazole rings is 1. The van der Waals surface area contributed by atoms with E-state index < -0.39 is 0 Å². The molecule has 0 spiro atoms. The van der Waals surface area contributed by atoms with Gasteiger partial charge in [-0.2, -0.15) is 0 Å². The van der Waals surface area contributed by atoms with Gasteiger partial charge in [0.25, 0.3) is 11.8 Å². The second-order valence-corrected chi connectivity index (χ2v) is 9.26. The monoisotopic (exact) mass is 448 g/mol. The fourth-order valence-corrected chi connectivity index (χ4v) is 4.43. The van der Waals surface area contributed by atoms with Gasteiger partial charge in [0.15, 0.2) is 5.13 Å². The number of aryl methyl sites for hydroxylation is 1. The van der Waals surface area contributed by atoms with Crippen LogP contribution >= 0.6 is 11.3 Å². The quantitative estimate of drug-likeness (QED) is 0.544. The molecule has 1 fully saturated rings. The Morgan fingerprint density at radius 1 is 1.03 bits per heavy atom. The molecule has 2 amide bonds. The van der Waals surface area contributed by atoms with E-state index >= 15 is 0 Å². The highest BCUT2D eigenvalue weighted by Gasteiger charge is 2.17. The van der Waals surface area contributed by atoms with Crippen LogP contribution in [0.3, 0.4) is 0 Å². The topological polar surface area (TPSA) is 74.3 Å². The molecule has 1 saturated heterocycles. The standard InChI is InChI=1S/C25H28N4O2S/c1-17-10-12-29(13-11-17)15-21-16-32-25(26-21)28-24(31)20-9-8-18(2)22(14-20)27-23(30)19-6-4-3-5-7-19/h3-9,14,16-17H,10-13,15H2,1-2H3,(H,27,30)(H,26,28,31).